The lowest BCUT2D eigenvalue weighted by Gasteiger charge is -2.25. The molecule has 0 saturated heterocycles. The quantitative estimate of drug-likeness (QED) is 0.786. The predicted molar refractivity (Wildman–Crippen MR) is 74.8 cm³/mol. The molecule has 1 rings (SSSR count). The number of hydrogen-bond donors (Lipinski definition) is 2. The molecule has 7 heteroatoms. The largest absolute Gasteiger partial charge is 0.394 e. The van der Waals surface area contributed by atoms with Gasteiger partial charge in [-0.1, -0.05) is 11.6 Å². The van der Waals surface area contributed by atoms with Crippen LogP contribution in [0.2, 0.25) is 5.02 Å². The van der Waals surface area contributed by atoms with Crippen LogP contribution in [0.3, 0.4) is 0 Å². The molecule has 2 N–H and O–H groups in total. The molecule has 0 amide bonds. The van der Waals surface area contributed by atoms with Gasteiger partial charge in [0.1, 0.15) is 5.02 Å². The van der Waals surface area contributed by atoms with Gasteiger partial charge in [0.15, 0.2) is 0 Å². The van der Waals surface area contributed by atoms with E-state index in [1.807, 2.05) is 20.8 Å². The molecule has 1 aromatic rings. The molecule has 0 bridgehead atoms. The van der Waals surface area contributed by atoms with Gasteiger partial charge >= 0.3 is 0 Å². The van der Waals surface area contributed by atoms with Crippen molar-refractivity contribution in [2.45, 2.75) is 32.9 Å². The minimum atomic E-state index is -0.421. The summed E-state index contributed by atoms with van der Waals surface area (Å²) >= 11 is 5.98. The zero-order valence-corrected chi connectivity index (χ0v) is 12.2. The van der Waals surface area contributed by atoms with Crippen LogP contribution in [-0.4, -0.2) is 40.2 Å². The van der Waals surface area contributed by atoms with Gasteiger partial charge in [-0.25, -0.2) is 4.68 Å². The molecule has 19 heavy (non-hydrogen) atoms. The van der Waals surface area contributed by atoms with E-state index in [0.717, 1.165) is 4.68 Å². The van der Waals surface area contributed by atoms with Crippen molar-refractivity contribution in [3.05, 3.63) is 21.6 Å². The topological polar surface area (TPSA) is 76.4 Å². The third-order valence-corrected chi connectivity index (χ3v) is 2.90. The van der Waals surface area contributed by atoms with Crippen molar-refractivity contribution in [2.75, 3.05) is 25.1 Å². The number of aliphatic hydroxyl groups is 1. The number of nitrogens with one attached hydrogen (secondary N) is 1. The first-order valence-electron chi connectivity index (χ1n) is 6.15. The standard InChI is InChI=1S/C12H20ClN3O3/c1-4-19-12(2,3)8-14-9-7-15-16(5-6-17)11(18)10(9)13/h7,14,17H,4-6,8H2,1-3H3. The zero-order valence-electron chi connectivity index (χ0n) is 11.4. The normalized spacial score (nSPS) is 11.6. The summed E-state index contributed by atoms with van der Waals surface area (Å²) in [6.45, 7) is 6.89. The van der Waals surface area contributed by atoms with E-state index in [4.69, 9.17) is 21.4 Å². The Balaban J connectivity index is 2.81. The van der Waals surface area contributed by atoms with E-state index < -0.39 is 5.56 Å². The zero-order chi connectivity index (χ0) is 14.5. The number of anilines is 1. The van der Waals surface area contributed by atoms with Gasteiger partial charge in [-0.05, 0) is 20.8 Å². The van der Waals surface area contributed by atoms with Crippen LogP contribution in [0.1, 0.15) is 20.8 Å². The van der Waals surface area contributed by atoms with E-state index in [0.29, 0.717) is 18.8 Å². The third kappa shape index (κ3) is 4.49. The van der Waals surface area contributed by atoms with Crippen LogP contribution in [0.4, 0.5) is 5.69 Å². The highest BCUT2D eigenvalue weighted by Crippen LogP contribution is 2.17. The first-order chi connectivity index (χ1) is 8.91. The number of aliphatic hydroxyl groups excluding tert-OH is 1. The summed E-state index contributed by atoms with van der Waals surface area (Å²) in [5.74, 6) is 0. The molecular weight excluding hydrogens is 270 g/mol. The van der Waals surface area contributed by atoms with E-state index in [9.17, 15) is 4.79 Å². The van der Waals surface area contributed by atoms with Crippen LogP contribution in [0.5, 0.6) is 0 Å². The maximum Gasteiger partial charge on any atom is 0.287 e. The Morgan fingerprint density at radius 2 is 2.26 bits per heavy atom. The fraction of sp³-hybridized carbons (Fsp3) is 0.667. The van der Waals surface area contributed by atoms with Crippen LogP contribution in [0, 0.1) is 0 Å². The highest BCUT2D eigenvalue weighted by atomic mass is 35.5. The molecule has 0 radical (unpaired) electrons. The van der Waals surface area contributed by atoms with Gasteiger partial charge in [0.2, 0.25) is 0 Å². The average Bonchev–Trinajstić information content (AvgIpc) is 2.34. The van der Waals surface area contributed by atoms with Crippen molar-refractivity contribution in [3.8, 4) is 0 Å². The van der Waals surface area contributed by atoms with Gasteiger partial charge in [-0.3, -0.25) is 4.79 Å². The maximum atomic E-state index is 11.8. The Morgan fingerprint density at radius 3 is 2.84 bits per heavy atom. The van der Waals surface area contributed by atoms with Crippen LogP contribution in [0.25, 0.3) is 0 Å². The number of halogens is 1. The third-order valence-electron chi connectivity index (χ3n) is 2.54. The van der Waals surface area contributed by atoms with Gasteiger partial charge in [0.25, 0.3) is 5.56 Å². The van der Waals surface area contributed by atoms with Crippen molar-refractivity contribution in [1.29, 1.82) is 0 Å². The van der Waals surface area contributed by atoms with E-state index in [1.165, 1.54) is 6.20 Å². The Bertz CT molecular complexity index is 474. The monoisotopic (exact) mass is 289 g/mol. The number of ether oxygens (including phenoxy) is 1. The first-order valence-corrected chi connectivity index (χ1v) is 6.53. The van der Waals surface area contributed by atoms with Gasteiger partial charge in [0.05, 0.1) is 30.6 Å². The van der Waals surface area contributed by atoms with E-state index in [-0.39, 0.29) is 23.8 Å². The lowest BCUT2D eigenvalue weighted by molar-refractivity contribution is 0.000692. The molecule has 108 valence electrons. The minimum Gasteiger partial charge on any atom is -0.394 e. The molecular formula is C12H20ClN3O3. The number of nitrogens with zero attached hydrogens (tertiary/aromatic N) is 2. The summed E-state index contributed by atoms with van der Waals surface area (Å²) in [7, 11) is 0. The Kier molecular flexibility index (Phi) is 5.78. The molecule has 0 saturated carbocycles. The van der Waals surface area contributed by atoms with Crippen molar-refractivity contribution >= 4 is 17.3 Å². The summed E-state index contributed by atoms with van der Waals surface area (Å²) < 4.78 is 6.67. The molecule has 0 aliphatic heterocycles. The number of aromatic nitrogens is 2. The first kappa shape index (κ1) is 15.9. The highest BCUT2D eigenvalue weighted by Gasteiger charge is 2.18. The molecule has 0 aromatic carbocycles. The van der Waals surface area contributed by atoms with Crippen molar-refractivity contribution in [3.63, 3.8) is 0 Å². The van der Waals surface area contributed by atoms with Crippen molar-refractivity contribution in [2.24, 2.45) is 0 Å². The second kappa shape index (κ2) is 6.88. The second-order valence-electron chi connectivity index (χ2n) is 4.67. The van der Waals surface area contributed by atoms with Crippen molar-refractivity contribution < 1.29 is 9.84 Å². The van der Waals surface area contributed by atoms with Crippen LogP contribution < -0.4 is 10.9 Å². The maximum absolute atomic E-state index is 11.8. The molecule has 0 aliphatic rings. The molecule has 0 spiro atoms. The van der Waals surface area contributed by atoms with Crippen molar-refractivity contribution in [1.82, 2.24) is 9.78 Å². The average molecular weight is 290 g/mol. The van der Waals surface area contributed by atoms with Gasteiger partial charge in [-0.15, -0.1) is 0 Å². The molecule has 1 aromatic heterocycles. The fourth-order valence-corrected chi connectivity index (χ4v) is 1.81. The Hall–Kier alpha value is -1.11. The molecule has 6 nitrogen and oxygen atoms in total. The predicted octanol–water partition coefficient (Wildman–Crippen LogP) is 1.12. The van der Waals surface area contributed by atoms with E-state index in [1.54, 1.807) is 0 Å². The molecule has 1 heterocycles. The Morgan fingerprint density at radius 1 is 1.58 bits per heavy atom. The fourth-order valence-electron chi connectivity index (χ4n) is 1.59. The SMILES string of the molecule is CCOC(C)(C)CNc1cnn(CCO)c(=O)c1Cl. The lowest BCUT2D eigenvalue weighted by atomic mass is 10.1. The van der Waals surface area contributed by atoms with Crippen LogP contribution in [-0.2, 0) is 11.3 Å². The number of hydrogen-bond acceptors (Lipinski definition) is 5. The van der Waals surface area contributed by atoms with E-state index >= 15 is 0 Å². The summed E-state index contributed by atoms with van der Waals surface area (Å²) in [5.41, 5.74) is -0.318. The summed E-state index contributed by atoms with van der Waals surface area (Å²) in [6, 6.07) is 0. The van der Waals surface area contributed by atoms with E-state index in [2.05, 4.69) is 10.4 Å². The van der Waals surface area contributed by atoms with Crippen LogP contribution >= 0.6 is 11.6 Å². The lowest BCUT2D eigenvalue weighted by Crippen LogP contribution is -2.34. The highest BCUT2D eigenvalue weighted by molar-refractivity contribution is 6.32. The van der Waals surface area contributed by atoms with Gasteiger partial charge in [-0.2, -0.15) is 5.10 Å². The van der Waals surface area contributed by atoms with Gasteiger partial charge in [0, 0.05) is 13.2 Å². The summed E-state index contributed by atoms with van der Waals surface area (Å²) in [5, 5.41) is 15.8. The Labute approximate surface area is 117 Å². The van der Waals surface area contributed by atoms with Crippen LogP contribution in [0.15, 0.2) is 11.0 Å². The summed E-state index contributed by atoms with van der Waals surface area (Å²) in [6.07, 6.45) is 1.47. The number of rotatable bonds is 7. The van der Waals surface area contributed by atoms with Gasteiger partial charge < -0.3 is 15.2 Å². The minimum absolute atomic E-state index is 0.0655. The molecule has 0 atom stereocenters. The molecule has 0 unspecified atom stereocenters. The summed E-state index contributed by atoms with van der Waals surface area (Å²) in [4.78, 5) is 11.8. The molecule has 0 aliphatic carbocycles. The smallest absolute Gasteiger partial charge is 0.287 e. The second-order valence-corrected chi connectivity index (χ2v) is 5.05. The molecule has 0 fully saturated rings.